The van der Waals surface area contributed by atoms with E-state index in [1.165, 1.54) is 16.8 Å². The molecule has 0 saturated carbocycles. The lowest BCUT2D eigenvalue weighted by molar-refractivity contribution is 0.194. The van der Waals surface area contributed by atoms with Gasteiger partial charge in [-0.2, -0.15) is 0 Å². The van der Waals surface area contributed by atoms with Gasteiger partial charge in [0.1, 0.15) is 0 Å². The summed E-state index contributed by atoms with van der Waals surface area (Å²) >= 11 is 6.14. The summed E-state index contributed by atoms with van der Waals surface area (Å²) in [6.07, 6.45) is 0. The summed E-state index contributed by atoms with van der Waals surface area (Å²) in [5, 5.41) is 3.65. The second-order valence-corrected chi connectivity index (χ2v) is 6.92. The molecule has 2 amide bonds. The maximum absolute atomic E-state index is 12.4. The average molecular weight is 358 g/mol. The van der Waals surface area contributed by atoms with Crippen molar-refractivity contribution in [1.29, 1.82) is 0 Å². The van der Waals surface area contributed by atoms with Crippen LogP contribution in [0, 0.1) is 13.8 Å². The van der Waals surface area contributed by atoms with Gasteiger partial charge in [-0.05, 0) is 42.7 Å². The third-order valence-corrected chi connectivity index (χ3v) is 5.03. The SMILES string of the molecule is Cc1ccc(C)c(N2CCN(C(=O)NCc3ccccc3Cl)CC2)c1. The number of amides is 2. The summed E-state index contributed by atoms with van der Waals surface area (Å²) in [4.78, 5) is 16.6. The first-order valence-electron chi connectivity index (χ1n) is 8.63. The number of nitrogens with zero attached hydrogens (tertiary/aromatic N) is 2. The van der Waals surface area contributed by atoms with Crippen LogP contribution in [-0.4, -0.2) is 37.1 Å². The molecule has 1 heterocycles. The quantitative estimate of drug-likeness (QED) is 0.901. The lowest BCUT2D eigenvalue weighted by Gasteiger charge is -2.37. The Balaban J connectivity index is 1.54. The highest BCUT2D eigenvalue weighted by molar-refractivity contribution is 6.31. The van der Waals surface area contributed by atoms with Gasteiger partial charge in [0, 0.05) is 43.4 Å². The predicted molar refractivity (Wildman–Crippen MR) is 103 cm³/mol. The van der Waals surface area contributed by atoms with Crippen LogP contribution in [0.25, 0.3) is 0 Å². The lowest BCUT2D eigenvalue weighted by atomic mass is 10.1. The Morgan fingerprint density at radius 1 is 1.08 bits per heavy atom. The van der Waals surface area contributed by atoms with Gasteiger partial charge in [0.25, 0.3) is 0 Å². The molecule has 1 aliphatic rings. The Bertz CT molecular complexity index is 754. The molecule has 1 saturated heterocycles. The Morgan fingerprint density at radius 2 is 1.80 bits per heavy atom. The van der Waals surface area contributed by atoms with Gasteiger partial charge in [-0.3, -0.25) is 0 Å². The second-order valence-electron chi connectivity index (χ2n) is 6.51. The van der Waals surface area contributed by atoms with E-state index in [4.69, 9.17) is 11.6 Å². The van der Waals surface area contributed by atoms with E-state index in [0.717, 1.165) is 31.7 Å². The minimum atomic E-state index is -0.0273. The number of benzene rings is 2. The van der Waals surface area contributed by atoms with Crippen LogP contribution in [0.1, 0.15) is 16.7 Å². The van der Waals surface area contributed by atoms with E-state index in [1.807, 2.05) is 29.2 Å². The van der Waals surface area contributed by atoms with Gasteiger partial charge in [-0.1, -0.05) is 41.9 Å². The molecule has 0 aromatic heterocycles. The van der Waals surface area contributed by atoms with E-state index in [2.05, 4.69) is 42.3 Å². The van der Waals surface area contributed by atoms with Crippen LogP contribution >= 0.6 is 11.6 Å². The van der Waals surface area contributed by atoms with Gasteiger partial charge in [0.05, 0.1) is 0 Å². The number of anilines is 1. The van der Waals surface area contributed by atoms with Crippen molar-refractivity contribution in [2.24, 2.45) is 0 Å². The fraction of sp³-hybridized carbons (Fsp3) is 0.350. The molecule has 5 heteroatoms. The smallest absolute Gasteiger partial charge is 0.317 e. The van der Waals surface area contributed by atoms with Gasteiger partial charge in [-0.25, -0.2) is 4.79 Å². The van der Waals surface area contributed by atoms with Crippen molar-refractivity contribution in [2.45, 2.75) is 20.4 Å². The molecule has 1 aliphatic heterocycles. The molecule has 2 aromatic rings. The number of hydrogen-bond acceptors (Lipinski definition) is 2. The molecule has 132 valence electrons. The average Bonchev–Trinajstić information content (AvgIpc) is 2.63. The molecule has 0 spiro atoms. The van der Waals surface area contributed by atoms with Gasteiger partial charge >= 0.3 is 6.03 Å². The first-order chi connectivity index (χ1) is 12.0. The zero-order chi connectivity index (χ0) is 17.8. The predicted octanol–water partition coefficient (Wildman–Crippen LogP) is 3.99. The molecule has 0 aliphatic carbocycles. The first kappa shape index (κ1) is 17.6. The van der Waals surface area contributed by atoms with Gasteiger partial charge in [0.15, 0.2) is 0 Å². The summed E-state index contributed by atoms with van der Waals surface area (Å²) < 4.78 is 0. The van der Waals surface area contributed by atoms with Crippen LogP contribution < -0.4 is 10.2 Å². The highest BCUT2D eigenvalue weighted by Crippen LogP contribution is 2.23. The molecule has 2 aromatic carbocycles. The Kier molecular flexibility index (Phi) is 5.49. The highest BCUT2D eigenvalue weighted by Gasteiger charge is 2.22. The van der Waals surface area contributed by atoms with E-state index in [0.29, 0.717) is 11.6 Å². The summed E-state index contributed by atoms with van der Waals surface area (Å²) in [6.45, 7) is 7.85. The zero-order valence-corrected chi connectivity index (χ0v) is 15.5. The second kappa shape index (κ2) is 7.79. The van der Waals surface area contributed by atoms with Crippen LogP contribution in [-0.2, 0) is 6.54 Å². The van der Waals surface area contributed by atoms with Gasteiger partial charge in [-0.15, -0.1) is 0 Å². The van der Waals surface area contributed by atoms with Crippen molar-refractivity contribution >= 4 is 23.3 Å². The summed E-state index contributed by atoms with van der Waals surface area (Å²) in [7, 11) is 0. The number of piperazine rings is 1. The maximum atomic E-state index is 12.4. The van der Waals surface area contributed by atoms with Gasteiger partial charge in [0.2, 0.25) is 0 Å². The normalized spacial score (nSPS) is 14.5. The third-order valence-electron chi connectivity index (χ3n) is 4.66. The largest absolute Gasteiger partial charge is 0.368 e. The van der Waals surface area contributed by atoms with Crippen molar-refractivity contribution in [3.8, 4) is 0 Å². The summed E-state index contributed by atoms with van der Waals surface area (Å²) in [6, 6.07) is 14.1. The van der Waals surface area contributed by atoms with Crippen LogP contribution in [0.15, 0.2) is 42.5 Å². The van der Waals surface area contributed by atoms with Crippen LogP contribution in [0.3, 0.4) is 0 Å². The standard InChI is InChI=1S/C20H24ClN3O/c1-15-7-8-16(2)19(13-15)23-9-11-24(12-10-23)20(25)22-14-17-5-3-4-6-18(17)21/h3-8,13H,9-12,14H2,1-2H3,(H,22,25). The zero-order valence-electron chi connectivity index (χ0n) is 14.8. The monoisotopic (exact) mass is 357 g/mol. The lowest BCUT2D eigenvalue weighted by Crippen LogP contribution is -2.51. The fourth-order valence-electron chi connectivity index (χ4n) is 3.13. The number of rotatable bonds is 3. The number of carbonyl (C=O) groups is 1. The topological polar surface area (TPSA) is 35.6 Å². The molecular weight excluding hydrogens is 334 g/mol. The van der Waals surface area contributed by atoms with Crippen molar-refractivity contribution < 1.29 is 4.79 Å². The first-order valence-corrected chi connectivity index (χ1v) is 9.01. The van der Waals surface area contributed by atoms with Crippen molar-refractivity contribution in [1.82, 2.24) is 10.2 Å². The molecule has 0 radical (unpaired) electrons. The van der Waals surface area contributed by atoms with E-state index in [1.54, 1.807) is 0 Å². The third kappa shape index (κ3) is 4.26. The minimum absolute atomic E-state index is 0.0273. The van der Waals surface area contributed by atoms with Crippen molar-refractivity contribution in [2.75, 3.05) is 31.1 Å². The van der Waals surface area contributed by atoms with E-state index in [9.17, 15) is 4.79 Å². The highest BCUT2D eigenvalue weighted by atomic mass is 35.5. The Labute approximate surface area is 154 Å². The number of carbonyl (C=O) groups excluding carboxylic acids is 1. The fourth-order valence-corrected chi connectivity index (χ4v) is 3.34. The number of urea groups is 1. The Hall–Kier alpha value is -2.20. The van der Waals surface area contributed by atoms with E-state index >= 15 is 0 Å². The molecule has 0 atom stereocenters. The summed E-state index contributed by atoms with van der Waals surface area (Å²) in [5.74, 6) is 0. The molecule has 25 heavy (non-hydrogen) atoms. The molecule has 0 bridgehead atoms. The molecule has 3 rings (SSSR count). The van der Waals surface area contributed by atoms with Crippen molar-refractivity contribution in [3.63, 3.8) is 0 Å². The number of aryl methyl sites for hydroxylation is 2. The molecular formula is C20H24ClN3O. The summed E-state index contributed by atoms with van der Waals surface area (Å²) in [5.41, 5.74) is 4.75. The van der Waals surface area contributed by atoms with Crippen LogP contribution in [0.4, 0.5) is 10.5 Å². The van der Waals surface area contributed by atoms with E-state index in [-0.39, 0.29) is 6.03 Å². The molecule has 0 unspecified atom stereocenters. The maximum Gasteiger partial charge on any atom is 0.317 e. The minimum Gasteiger partial charge on any atom is -0.368 e. The number of nitrogens with one attached hydrogen (secondary N) is 1. The van der Waals surface area contributed by atoms with Crippen LogP contribution in [0.5, 0.6) is 0 Å². The van der Waals surface area contributed by atoms with E-state index < -0.39 is 0 Å². The Morgan fingerprint density at radius 3 is 2.52 bits per heavy atom. The number of halogens is 1. The van der Waals surface area contributed by atoms with Crippen LogP contribution in [0.2, 0.25) is 5.02 Å². The molecule has 1 fully saturated rings. The molecule has 1 N–H and O–H groups in total. The number of hydrogen-bond donors (Lipinski definition) is 1. The molecule has 4 nitrogen and oxygen atoms in total. The van der Waals surface area contributed by atoms with Gasteiger partial charge < -0.3 is 15.1 Å². The van der Waals surface area contributed by atoms with Crippen molar-refractivity contribution in [3.05, 3.63) is 64.2 Å².